The number of carboxylic acid groups (broad SMARTS) is 1. The van der Waals surface area contributed by atoms with Gasteiger partial charge in [0.1, 0.15) is 6.04 Å². The lowest BCUT2D eigenvalue weighted by molar-refractivity contribution is -0.700. The van der Waals surface area contributed by atoms with Gasteiger partial charge in [-0.25, -0.2) is 4.79 Å². The van der Waals surface area contributed by atoms with E-state index in [4.69, 9.17) is 5.11 Å². The first kappa shape index (κ1) is 21.4. The molecule has 0 aromatic heterocycles. The first-order valence-electron chi connectivity index (χ1n) is 7.12. The van der Waals surface area contributed by atoms with Gasteiger partial charge in [-0.3, -0.25) is 9.59 Å². The van der Waals surface area contributed by atoms with Crippen molar-refractivity contribution in [1.29, 1.82) is 0 Å². The van der Waals surface area contributed by atoms with E-state index >= 15 is 0 Å². The van der Waals surface area contributed by atoms with Gasteiger partial charge in [0, 0.05) is 11.8 Å². The third-order valence-corrected chi connectivity index (χ3v) is 2.66. The number of carbonyl (C=O) groups excluding carboxylic acids is 2. The van der Waals surface area contributed by atoms with Crippen molar-refractivity contribution < 1.29 is 34.0 Å². The van der Waals surface area contributed by atoms with Crippen LogP contribution < -0.4 is 5.32 Å². The number of rotatable bonds is 9. The summed E-state index contributed by atoms with van der Waals surface area (Å²) in [5, 5.41) is 26.5. The molecular weight excluding hydrogens is 324 g/mol. The van der Waals surface area contributed by atoms with E-state index in [0.29, 0.717) is 0 Å². The summed E-state index contributed by atoms with van der Waals surface area (Å²) in [7, 11) is 2.87. The number of esters is 1. The van der Waals surface area contributed by atoms with Crippen LogP contribution in [0.3, 0.4) is 0 Å². The maximum atomic E-state index is 11.8. The molecule has 0 aromatic carbocycles. The molecule has 0 saturated carbocycles. The van der Waals surface area contributed by atoms with Gasteiger partial charge in [0.25, 0.3) is 6.79 Å². The van der Waals surface area contributed by atoms with E-state index in [9.17, 15) is 19.6 Å². The molecule has 1 unspecified atom stereocenters. The minimum Gasteiger partial charge on any atom is -0.569 e. The molecule has 0 fully saturated rings. The number of hydrogen-bond donors (Lipinski definition) is 2. The zero-order valence-electron chi connectivity index (χ0n) is 14.4. The Bertz CT molecular complexity index is 485. The number of amides is 1. The number of ether oxygens (including phenoxy) is 1. The monoisotopic (exact) mass is 348 g/mol. The van der Waals surface area contributed by atoms with Crippen LogP contribution in [0.25, 0.3) is 0 Å². The highest BCUT2D eigenvalue weighted by atomic mass is 16.8. The zero-order valence-corrected chi connectivity index (χ0v) is 14.4. The Hall–Kier alpha value is -2.59. The standard InChI is InChI=1S/C13H24N4O7/c1-13(2,3)12(21)14-9(11(19)20)6-7-10(18)23-8-24-15-17(22)16(4)5/h9H,6-8H2,1-5H3,(H,14,21)(H,19,20)/b17-15-. The Morgan fingerprint density at radius 3 is 2.38 bits per heavy atom. The second-order valence-corrected chi connectivity index (χ2v) is 6.10. The second kappa shape index (κ2) is 9.53. The SMILES string of the molecule is CN(C)/[N+]([O-])=N/OCOC(=O)CCC(NC(=O)C(C)(C)C)C(=O)O. The highest BCUT2D eigenvalue weighted by Crippen LogP contribution is 2.13. The fourth-order valence-electron chi connectivity index (χ4n) is 1.20. The largest absolute Gasteiger partial charge is 0.569 e. The minimum absolute atomic E-state index is 0.135. The molecule has 0 heterocycles. The van der Waals surface area contributed by atoms with E-state index in [-0.39, 0.29) is 17.8 Å². The van der Waals surface area contributed by atoms with Crippen molar-refractivity contribution in [3.63, 3.8) is 0 Å². The minimum atomic E-state index is -1.25. The van der Waals surface area contributed by atoms with Gasteiger partial charge < -0.3 is 25.2 Å². The van der Waals surface area contributed by atoms with E-state index in [1.807, 2.05) is 0 Å². The molecule has 138 valence electrons. The molecule has 0 aliphatic carbocycles. The lowest BCUT2D eigenvalue weighted by atomic mass is 9.95. The molecule has 0 radical (unpaired) electrons. The van der Waals surface area contributed by atoms with Crippen LogP contribution in [0, 0.1) is 10.6 Å². The lowest BCUT2D eigenvalue weighted by Gasteiger charge is -2.21. The summed E-state index contributed by atoms with van der Waals surface area (Å²) in [6.07, 6.45) is -0.391. The van der Waals surface area contributed by atoms with Crippen molar-refractivity contribution in [3.05, 3.63) is 5.21 Å². The van der Waals surface area contributed by atoms with Crippen LogP contribution in [0.5, 0.6) is 0 Å². The summed E-state index contributed by atoms with van der Waals surface area (Å²) in [5.74, 6) is -2.44. The zero-order chi connectivity index (χ0) is 18.9. The maximum absolute atomic E-state index is 11.8. The van der Waals surface area contributed by atoms with E-state index in [2.05, 4.69) is 20.2 Å². The van der Waals surface area contributed by atoms with Crippen molar-refractivity contribution in [1.82, 2.24) is 10.3 Å². The van der Waals surface area contributed by atoms with Crippen LogP contribution in [0.2, 0.25) is 0 Å². The van der Waals surface area contributed by atoms with Crippen LogP contribution in [0.15, 0.2) is 5.28 Å². The average Bonchev–Trinajstić information content (AvgIpc) is 2.45. The maximum Gasteiger partial charge on any atom is 0.326 e. The van der Waals surface area contributed by atoms with Gasteiger partial charge in [0.05, 0.1) is 19.1 Å². The quantitative estimate of drug-likeness (QED) is 0.151. The van der Waals surface area contributed by atoms with Gasteiger partial charge in [-0.15, -0.1) is 0 Å². The van der Waals surface area contributed by atoms with Crippen LogP contribution in [-0.2, 0) is 24.0 Å². The van der Waals surface area contributed by atoms with E-state index in [1.165, 1.54) is 14.1 Å². The van der Waals surface area contributed by atoms with Gasteiger partial charge in [-0.1, -0.05) is 20.8 Å². The fraction of sp³-hybridized carbons (Fsp3) is 0.769. The predicted molar refractivity (Wildman–Crippen MR) is 80.0 cm³/mol. The molecule has 11 nitrogen and oxygen atoms in total. The molecule has 24 heavy (non-hydrogen) atoms. The Kier molecular flexibility index (Phi) is 8.50. The normalized spacial score (nSPS) is 13.0. The van der Waals surface area contributed by atoms with Crippen LogP contribution in [0.1, 0.15) is 33.6 Å². The number of carboxylic acids is 1. The number of carbonyl (C=O) groups is 3. The van der Waals surface area contributed by atoms with Crippen molar-refractivity contribution in [3.8, 4) is 0 Å². The van der Waals surface area contributed by atoms with Crippen molar-refractivity contribution in [2.24, 2.45) is 10.7 Å². The predicted octanol–water partition coefficient (Wildman–Crippen LogP) is 0.254. The number of nitrogens with one attached hydrogen (secondary N) is 1. The smallest absolute Gasteiger partial charge is 0.326 e. The van der Waals surface area contributed by atoms with Crippen LogP contribution >= 0.6 is 0 Å². The van der Waals surface area contributed by atoms with E-state index < -0.39 is 36.1 Å². The lowest BCUT2D eigenvalue weighted by Crippen LogP contribution is -2.45. The molecule has 0 bridgehead atoms. The number of hydrazine groups is 1. The topological polar surface area (TPSA) is 144 Å². The first-order chi connectivity index (χ1) is 10.9. The summed E-state index contributed by atoms with van der Waals surface area (Å²) in [6.45, 7) is 4.34. The molecule has 0 aliphatic heterocycles. The molecule has 0 saturated heterocycles. The Morgan fingerprint density at radius 1 is 1.33 bits per heavy atom. The number of aliphatic carboxylic acids is 1. The molecule has 0 aliphatic rings. The molecule has 2 N–H and O–H groups in total. The Labute approximate surface area is 139 Å². The first-order valence-corrected chi connectivity index (χ1v) is 7.12. The number of hydrogen-bond acceptors (Lipinski definition) is 7. The molecule has 0 spiro atoms. The van der Waals surface area contributed by atoms with E-state index in [1.54, 1.807) is 20.8 Å². The van der Waals surface area contributed by atoms with Gasteiger partial charge in [-0.2, -0.15) is 5.01 Å². The molecule has 1 atom stereocenters. The van der Waals surface area contributed by atoms with Crippen LogP contribution in [-0.4, -0.2) is 59.9 Å². The van der Waals surface area contributed by atoms with E-state index in [0.717, 1.165) is 5.01 Å². The van der Waals surface area contributed by atoms with Crippen molar-refractivity contribution in [2.45, 2.75) is 39.7 Å². The van der Waals surface area contributed by atoms with Gasteiger partial charge >= 0.3 is 11.9 Å². The second-order valence-electron chi connectivity index (χ2n) is 6.10. The highest BCUT2D eigenvalue weighted by Gasteiger charge is 2.27. The van der Waals surface area contributed by atoms with Gasteiger partial charge in [-0.05, 0) is 6.42 Å². The fourth-order valence-corrected chi connectivity index (χ4v) is 1.20. The third kappa shape index (κ3) is 8.76. The molecule has 1 amide bonds. The summed E-state index contributed by atoms with van der Waals surface area (Å²) in [4.78, 5) is 39.0. The Morgan fingerprint density at radius 2 is 1.92 bits per heavy atom. The molecular formula is C13H24N4O7. The summed E-state index contributed by atoms with van der Waals surface area (Å²) < 4.78 is 4.63. The Balaban J connectivity index is 4.27. The van der Waals surface area contributed by atoms with Gasteiger partial charge in [0.15, 0.2) is 0 Å². The summed E-state index contributed by atoms with van der Waals surface area (Å²) in [6, 6.07) is -1.21. The molecule has 11 heteroatoms. The van der Waals surface area contributed by atoms with Crippen LogP contribution in [0.4, 0.5) is 0 Å². The number of nitrogens with zero attached hydrogens (tertiary/aromatic N) is 3. The average molecular weight is 348 g/mol. The summed E-state index contributed by atoms with van der Waals surface area (Å²) >= 11 is 0. The van der Waals surface area contributed by atoms with Crippen molar-refractivity contribution in [2.75, 3.05) is 20.9 Å². The van der Waals surface area contributed by atoms with Crippen molar-refractivity contribution >= 4 is 17.8 Å². The summed E-state index contributed by atoms with van der Waals surface area (Å²) in [5.41, 5.74) is -0.750. The molecule has 0 rings (SSSR count). The third-order valence-electron chi connectivity index (χ3n) is 2.66. The molecule has 0 aromatic rings. The van der Waals surface area contributed by atoms with Gasteiger partial charge in [0.2, 0.25) is 11.2 Å². The highest BCUT2D eigenvalue weighted by molar-refractivity contribution is 5.86.